The number of rotatable bonds is 2. The van der Waals surface area contributed by atoms with E-state index in [2.05, 4.69) is 33.1 Å². The van der Waals surface area contributed by atoms with Gasteiger partial charge in [0, 0.05) is 28.8 Å². The lowest BCUT2D eigenvalue weighted by atomic mass is 9.98. The van der Waals surface area contributed by atoms with Gasteiger partial charge in [0.25, 0.3) is 0 Å². The smallest absolute Gasteiger partial charge is 0.382 e. The van der Waals surface area contributed by atoms with E-state index in [4.69, 9.17) is 0 Å². The molecule has 2 atom stereocenters. The average Bonchev–Trinajstić information content (AvgIpc) is 2.35. The zero-order valence-corrected chi connectivity index (χ0v) is 13.1. The summed E-state index contributed by atoms with van der Waals surface area (Å²) < 4.78 is 39.6. The number of anilines is 1. The summed E-state index contributed by atoms with van der Waals surface area (Å²) in [4.78, 5) is 2.23. The molecule has 1 aliphatic rings. The summed E-state index contributed by atoms with van der Waals surface area (Å²) in [6, 6.07) is 4.72. The van der Waals surface area contributed by atoms with E-state index in [0.29, 0.717) is 10.5 Å². The molecule has 0 bridgehead atoms. The average molecular weight is 351 g/mol. The fourth-order valence-electron chi connectivity index (χ4n) is 2.52. The predicted octanol–water partition coefficient (Wildman–Crippen LogP) is 4.36. The molecule has 1 aromatic carbocycles. The van der Waals surface area contributed by atoms with Crippen molar-refractivity contribution < 1.29 is 13.2 Å². The molecule has 112 valence electrons. The topological polar surface area (TPSA) is 15.3 Å². The molecule has 2 nitrogen and oxygen atoms in total. The van der Waals surface area contributed by atoms with Gasteiger partial charge in [0.15, 0.2) is 0 Å². The molecule has 0 radical (unpaired) electrons. The highest BCUT2D eigenvalue weighted by atomic mass is 79.9. The maximum atomic E-state index is 13.1. The maximum Gasteiger partial charge on any atom is 0.418 e. The van der Waals surface area contributed by atoms with Crippen molar-refractivity contribution in [1.29, 1.82) is 0 Å². The zero-order valence-electron chi connectivity index (χ0n) is 11.5. The number of piperidine rings is 1. The monoisotopic (exact) mass is 350 g/mol. The molecular weight excluding hydrogens is 333 g/mol. The number of nitrogens with one attached hydrogen (secondary N) is 1. The van der Waals surface area contributed by atoms with Gasteiger partial charge in [-0.15, -0.1) is 0 Å². The summed E-state index contributed by atoms with van der Waals surface area (Å²) >= 11 is 3.10. The van der Waals surface area contributed by atoms with Crippen molar-refractivity contribution >= 4 is 21.6 Å². The van der Waals surface area contributed by atoms with Gasteiger partial charge in [0.05, 0.1) is 5.56 Å². The van der Waals surface area contributed by atoms with Gasteiger partial charge in [-0.1, -0.05) is 15.9 Å². The second-order valence-corrected chi connectivity index (χ2v) is 6.30. The summed E-state index contributed by atoms with van der Waals surface area (Å²) in [5, 5.41) is 3.07. The molecule has 1 heterocycles. The van der Waals surface area contributed by atoms with E-state index in [9.17, 15) is 13.2 Å². The largest absolute Gasteiger partial charge is 0.418 e. The Kier molecular flexibility index (Phi) is 4.64. The Bertz CT molecular complexity index is 476. The first kappa shape index (κ1) is 15.6. The van der Waals surface area contributed by atoms with Crippen molar-refractivity contribution in [3.63, 3.8) is 0 Å². The van der Waals surface area contributed by atoms with Crippen molar-refractivity contribution in [3.8, 4) is 0 Å². The predicted molar refractivity (Wildman–Crippen MR) is 77.9 cm³/mol. The normalized spacial score (nSPS) is 24.7. The van der Waals surface area contributed by atoms with Crippen LogP contribution in [-0.4, -0.2) is 30.6 Å². The second kappa shape index (κ2) is 5.93. The van der Waals surface area contributed by atoms with Gasteiger partial charge < -0.3 is 10.2 Å². The SMILES string of the molecule is CC1CC(Nc2ccc(Br)cc2C(F)(F)F)CCN1C. The fraction of sp³-hybridized carbons (Fsp3) is 0.571. The zero-order chi connectivity index (χ0) is 14.9. The first-order chi connectivity index (χ1) is 9.27. The number of hydrogen-bond donors (Lipinski definition) is 1. The van der Waals surface area contributed by atoms with Crippen LogP contribution in [0.5, 0.6) is 0 Å². The number of benzene rings is 1. The molecule has 2 rings (SSSR count). The van der Waals surface area contributed by atoms with Crippen molar-refractivity contribution in [2.75, 3.05) is 18.9 Å². The molecule has 1 saturated heterocycles. The lowest BCUT2D eigenvalue weighted by molar-refractivity contribution is -0.137. The van der Waals surface area contributed by atoms with Crippen LogP contribution in [0.2, 0.25) is 0 Å². The molecule has 6 heteroatoms. The van der Waals surface area contributed by atoms with Crippen LogP contribution < -0.4 is 5.32 Å². The molecule has 20 heavy (non-hydrogen) atoms. The van der Waals surface area contributed by atoms with Gasteiger partial charge in [-0.25, -0.2) is 0 Å². The molecule has 1 fully saturated rings. The van der Waals surface area contributed by atoms with E-state index in [1.54, 1.807) is 6.07 Å². The van der Waals surface area contributed by atoms with Gasteiger partial charge in [-0.2, -0.15) is 13.2 Å². The van der Waals surface area contributed by atoms with E-state index in [1.807, 2.05) is 7.05 Å². The van der Waals surface area contributed by atoms with Crippen LogP contribution in [0.3, 0.4) is 0 Å². The van der Waals surface area contributed by atoms with Crippen LogP contribution in [0, 0.1) is 0 Å². The van der Waals surface area contributed by atoms with E-state index in [-0.39, 0.29) is 11.7 Å². The molecule has 0 saturated carbocycles. The van der Waals surface area contributed by atoms with E-state index >= 15 is 0 Å². The van der Waals surface area contributed by atoms with E-state index < -0.39 is 11.7 Å². The van der Waals surface area contributed by atoms with Crippen molar-refractivity contribution in [2.24, 2.45) is 0 Å². The minimum Gasteiger partial charge on any atom is -0.382 e. The minimum absolute atomic E-state index is 0.0866. The third kappa shape index (κ3) is 3.67. The van der Waals surface area contributed by atoms with Crippen molar-refractivity contribution in [2.45, 2.75) is 38.0 Å². The van der Waals surface area contributed by atoms with E-state index in [1.165, 1.54) is 6.07 Å². The number of hydrogen-bond acceptors (Lipinski definition) is 2. The number of halogens is 4. The van der Waals surface area contributed by atoms with Crippen molar-refractivity contribution in [1.82, 2.24) is 4.90 Å². The summed E-state index contributed by atoms with van der Waals surface area (Å²) in [6.07, 6.45) is -2.64. The summed E-state index contributed by atoms with van der Waals surface area (Å²) in [6.45, 7) is 3.00. The Labute approximate surface area is 125 Å². The minimum atomic E-state index is -4.34. The molecule has 0 amide bonds. The molecule has 0 aliphatic carbocycles. The third-order valence-corrected chi connectivity index (χ3v) is 4.35. The molecular formula is C14H18BrF3N2. The van der Waals surface area contributed by atoms with Crippen LogP contribution in [0.1, 0.15) is 25.3 Å². The molecule has 1 aromatic rings. The quantitative estimate of drug-likeness (QED) is 0.852. The lowest BCUT2D eigenvalue weighted by Crippen LogP contribution is -2.42. The summed E-state index contributed by atoms with van der Waals surface area (Å²) in [5.74, 6) is 0. The Morgan fingerprint density at radius 3 is 2.65 bits per heavy atom. The maximum absolute atomic E-state index is 13.1. The standard InChI is InChI=1S/C14H18BrF3N2/c1-9-7-11(5-6-20(9)2)19-13-4-3-10(15)8-12(13)14(16,17)18/h3-4,8-9,11,19H,5-7H2,1-2H3. The molecule has 1 aliphatic heterocycles. The Morgan fingerprint density at radius 2 is 2.05 bits per heavy atom. The Hall–Kier alpha value is -0.750. The Balaban J connectivity index is 2.17. The highest BCUT2D eigenvalue weighted by Gasteiger charge is 2.34. The molecule has 0 aromatic heterocycles. The first-order valence-electron chi connectivity index (χ1n) is 6.61. The number of alkyl halides is 3. The lowest BCUT2D eigenvalue weighted by Gasteiger charge is -2.36. The second-order valence-electron chi connectivity index (χ2n) is 5.38. The Morgan fingerprint density at radius 1 is 1.35 bits per heavy atom. The van der Waals surface area contributed by atoms with Gasteiger partial charge in [0.2, 0.25) is 0 Å². The van der Waals surface area contributed by atoms with Gasteiger partial charge in [0.1, 0.15) is 0 Å². The summed E-state index contributed by atoms with van der Waals surface area (Å²) in [7, 11) is 2.04. The van der Waals surface area contributed by atoms with Crippen LogP contribution in [-0.2, 0) is 6.18 Å². The van der Waals surface area contributed by atoms with Crippen LogP contribution in [0.25, 0.3) is 0 Å². The van der Waals surface area contributed by atoms with Crippen LogP contribution >= 0.6 is 15.9 Å². The van der Waals surface area contributed by atoms with Crippen LogP contribution in [0.15, 0.2) is 22.7 Å². The molecule has 2 unspecified atom stereocenters. The van der Waals surface area contributed by atoms with Gasteiger partial charge >= 0.3 is 6.18 Å². The fourth-order valence-corrected chi connectivity index (χ4v) is 2.88. The van der Waals surface area contributed by atoms with Gasteiger partial charge in [-0.05, 0) is 45.0 Å². The van der Waals surface area contributed by atoms with Crippen LogP contribution in [0.4, 0.5) is 18.9 Å². The van der Waals surface area contributed by atoms with Crippen molar-refractivity contribution in [3.05, 3.63) is 28.2 Å². The summed E-state index contributed by atoms with van der Waals surface area (Å²) in [5.41, 5.74) is -0.444. The first-order valence-corrected chi connectivity index (χ1v) is 7.40. The highest BCUT2D eigenvalue weighted by molar-refractivity contribution is 9.10. The molecule has 1 N–H and O–H groups in total. The number of likely N-dealkylation sites (tertiary alicyclic amines) is 1. The van der Waals surface area contributed by atoms with Gasteiger partial charge in [-0.3, -0.25) is 0 Å². The van der Waals surface area contributed by atoms with E-state index in [0.717, 1.165) is 25.5 Å². The third-order valence-electron chi connectivity index (χ3n) is 3.85. The molecule has 0 spiro atoms. The highest BCUT2D eigenvalue weighted by Crippen LogP contribution is 2.37. The number of nitrogens with zero attached hydrogens (tertiary/aromatic N) is 1.